The van der Waals surface area contributed by atoms with Gasteiger partial charge in [-0.05, 0) is 37.8 Å². The Labute approximate surface area is 108 Å². The highest BCUT2D eigenvalue weighted by atomic mass is 35.5. The minimum Gasteiger partial charge on any atom is -0.390 e. The molecule has 15 heavy (non-hydrogen) atoms. The molecule has 0 radical (unpaired) electrons. The number of nitrogens with one attached hydrogen (secondary N) is 1. The molecule has 2 nitrogen and oxygen atoms in total. The molecule has 1 aliphatic heterocycles. The van der Waals surface area contributed by atoms with Crippen molar-refractivity contribution in [3.05, 3.63) is 0 Å². The molecular formula is C10H20Cl3NO. The van der Waals surface area contributed by atoms with Gasteiger partial charge in [0.25, 0.3) is 0 Å². The Balaban J connectivity index is 0.00000196. The molecule has 0 unspecified atom stereocenters. The summed E-state index contributed by atoms with van der Waals surface area (Å²) < 4.78 is 0. The van der Waals surface area contributed by atoms with Crippen LogP contribution >= 0.6 is 35.6 Å². The van der Waals surface area contributed by atoms with Gasteiger partial charge in [0.05, 0.1) is 6.10 Å². The number of halogens is 3. The zero-order valence-electron chi connectivity index (χ0n) is 8.96. The molecule has 5 heteroatoms. The lowest BCUT2D eigenvalue weighted by Crippen LogP contribution is -2.38. The Morgan fingerprint density at radius 2 is 2.07 bits per heavy atom. The minimum atomic E-state index is -0.651. The van der Waals surface area contributed by atoms with Gasteiger partial charge in [-0.1, -0.05) is 13.3 Å². The van der Waals surface area contributed by atoms with E-state index in [1.807, 2.05) is 0 Å². The number of aliphatic hydroxyl groups is 1. The minimum absolute atomic E-state index is 0. The predicted octanol–water partition coefficient (Wildman–Crippen LogP) is 2.60. The molecule has 0 amide bonds. The van der Waals surface area contributed by atoms with Crippen LogP contribution in [-0.2, 0) is 0 Å². The van der Waals surface area contributed by atoms with E-state index < -0.39 is 10.9 Å². The van der Waals surface area contributed by atoms with Crippen LogP contribution in [0.4, 0.5) is 0 Å². The van der Waals surface area contributed by atoms with Crippen LogP contribution in [0.1, 0.15) is 26.2 Å². The van der Waals surface area contributed by atoms with Gasteiger partial charge in [0.15, 0.2) is 0 Å². The molecule has 1 rings (SSSR count). The second-order valence-electron chi connectivity index (χ2n) is 4.06. The van der Waals surface area contributed by atoms with E-state index in [1.54, 1.807) is 0 Å². The second-order valence-corrected chi connectivity index (χ2v) is 5.22. The fourth-order valence-electron chi connectivity index (χ4n) is 2.18. The molecule has 2 N–H and O–H groups in total. The first-order valence-electron chi connectivity index (χ1n) is 5.32. The van der Waals surface area contributed by atoms with Crippen molar-refractivity contribution in [2.75, 3.05) is 13.1 Å². The molecular weight excluding hydrogens is 256 g/mol. The zero-order chi connectivity index (χ0) is 10.6. The standard InChI is InChI=1S/C10H19Cl2NO.ClH/c1-2-7-6-13-4-3-8(7)5-9(14)10(11)12;/h7-10,13-14H,2-6H2,1H3;1H/t7-,8-,9+;/m1./s1. The lowest BCUT2D eigenvalue weighted by atomic mass is 9.81. The highest BCUT2D eigenvalue weighted by molar-refractivity contribution is 6.44. The van der Waals surface area contributed by atoms with Gasteiger partial charge >= 0.3 is 0 Å². The highest BCUT2D eigenvalue weighted by Crippen LogP contribution is 2.28. The van der Waals surface area contributed by atoms with Crippen LogP contribution in [0.3, 0.4) is 0 Å². The lowest BCUT2D eigenvalue weighted by molar-refractivity contribution is 0.118. The monoisotopic (exact) mass is 275 g/mol. The summed E-state index contributed by atoms with van der Waals surface area (Å²) in [5.41, 5.74) is 0. The van der Waals surface area contributed by atoms with Crippen molar-refractivity contribution in [2.24, 2.45) is 11.8 Å². The van der Waals surface area contributed by atoms with E-state index in [-0.39, 0.29) is 12.4 Å². The van der Waals surface area contributed by atoms with E-state index in [2.05, 4.69) is 12.2 Å². The molecule has 0 aliphatic carbocycles. The van der Waals surface area contributed by atoms with Gasteiger partial charge in [0, 0.05) is 0 Å². The molecule has 3 atom stereocenters. The third-order valence-corrected chi connectivity index (χ3v) is 3.71. The topological polar surface area (TPSA) is 32.3 Å². The smallest absolute Gasteiger partial charge is 0.133 e. The van der Waals surface area contributed by atoms with Gasteiger partial charge < -0.3 is 10.4 Å². The molecule has 1 aliphatic rings. The highest BCUT2D eigenvalue weighted by Gasteiger charge is 2.27. The molecule has 0 aromatic carbocycles. The van der Waals surface area contributed by atoms with E-state index in [9.17, 15) is 5.11 Å². The normalized spacial score (nSPS) is 28.6. The van der Waals surface area contributed by atoms with E-state index in [1.165, 1.54) is 0 Å². The largest absolute Gasteiger partial charge is 0.390 e. The quantitative estimate of drug-likeness (QED) is 0.774. The average Bonchev–Trinajstić information content (AvgIpc) is 2.18. The van der Waals surface area contributed by atoms with Crippen LogP contribution in [0.15, 0.2) is 0 Å². The van der Waals surface area contributed by atoms with Crippen LogP contribution in [0.25, 0.3) is 0 Å². The van der Waals surface area contributed by atoms with Crippen molar-refractivity contribution in [3.63, 3.8) is 0 Å². The van der Waals surface area contributed by atoms with E-state index >= 15 is 0 Å². The molecule has 0 saturated carbocycles. The van der Waals surface area contributed by atoms with E-state index in [4.69, 9.17) is 23.2 Å². The number of hydrogen-bond acceptors (Lipinski definition) is 2. The SMILES string of the molecule is CC[C@@H]1CNCC[C@@H]1C[C@H](O)C(Cl)Cl.Cl. The van der Waals surface area contributed by atoms with Gasteiger partial charge in [-0.2, -0.15) is 0 Å². The molecule has 1 saturated heterocycles. The fourth-order valence-corrected chi connectivity index (χ4v) is 2.38. The van der Waals surface area contributed by atoms with Crippen LogP contribution < -0.4 is 5.32 Å². The van der Waals surface area contributed by atoms with Crippen molar-refractivity contribution in [3.8, 4) is 0 Å². The molecule has 1 fully saturated rings. The average molecular weight is 277 g/mol. The first kappa shape index (κ1) is 15.8. The maximum atomic E-state index is 9.61. The Kier molecular flexibility index (Phi) is 8.39. The number of piperidine rings is 1. The summed E-state index contributed by atoms with van der Waals surface area (Å²) in [6.07, 6.45) is 2.43. The Bertz CT molecular complexity index is 169. The third-order valence-electron chi connectivity index (χ3n) is 3.12. The summed E-state index contributed by atoms with van der Waals surface area (Å²) >= 11 is 11.3. The predicted molar refractivity (Wildman–Crippen MR) is 68.1 cm³/mol. The van der Waals surface area contributed by atoms with Crippen LogP contribution in [-0.4, -0.2) is 29.1 Å². The Morgan fingerprint density at radius 1 is 1.40 bits per heavy atom. The van der Waals surface area contributed by atoms with Gasteiger partial charge in [-0.25, -0.2) is 0 Å². The second kappa shape index (κ2) is 7.97. The molecule has 0 bridgehead atoms. The summed E-state index contributed by atoms with van der Waals surface area (Å²) in [5, 5.41) is 13.0. The van der Waals surface area contributed by atoms with Crippen LogP contribution in [0.2, 0.25) is 0 Å². The Hall–Kier alpha value is 0.790. The van der Waals surface area contributed by atoms with Crippen molar-refractivity contribution in [1.29, 1.82) is 0 Å². The number of hydrogen-bond donors (Lipinski definition) is 2. The maximum Gasteiger partial charge on any atom is 0.133 e. The first-order chi connectivity index (χ1) is 6.65. The third kappa shape index (κ3) is 5.10. The molecule has 1 heterocycles. The summed E-state index contributed by atoms with van der Waals surface area (Å²) in [6, 6.07) is 0. The lowest BCUT2D eigenvalue weighted by Gasteiger charge is -2.33. The summed E-state index contributed by atoms with van der Waals surface area (Å²) in [6.45, 7) is 4.29. The summed E-state index contributed by atoms with van der Waals surface area (Å²) in [5.74, 6) is 1.22. The van der Waals surface area contributed by atoms with Crippen molar-refractivity contribution >= 4 is 35.6 Å². The maximum absolute atomic E-state index is 9.61. The van der Waals surface area contributed by atoms with E-state index in [0.717, 1.165) is 32.4 Å². The van der Waals surface area contributed by atoms with Crippen LogP contribution in [0.5, 0.6) is 0 Å². The van der Waals surface area contributed by atoms with Gasteiger partial charge in [-0.3, -0.25) is 0 Å². The van der Waals surface area contributed by atoms with Gasteiger partial charge in [-0.15, -0.1) is 35.6 Å². The van der Waals surface area contributed by atoms with Gasteiger partial charge in [0.1, 0.15) is 4.84 Å². The summed E-state index contributed by atoms with van der Waals surface area (Å²) in [7, 11) is 0. The molecule has 92 valence electrons. The molecule has 0 aromatic rings. The first-order valence-corrected chi connectivity index (χ1v) is 6.19. The van der Waals surface area contributed by atoms with E-state index in [0.29, 0.717) is 11.8 Å². The number of aliphatic hydroxyl groups excluding tert-OH is 1. The summed E-state index contributed by atoms with van der Waals surface area (Å²) in [4.78, 5) is -0.651. The zero-order valence-corrected chi connectivity index (χ0v) is 11.3. The van der Waals surface area contributed by atoms with Crippen molar-refractivity contribution < 1.29 is 5.11 Å². The van der Waals surface area contributed by atoms with Gasteiger partial charge in [0.2, 0.25) is 0 Å². The number of alkyl halides is 2. The molecule has 0 spiro atoms. The van der Waals surface area contributed by atoms with Crippen molar-refractivity contribution in [1.82, 2.24) is 5.32 Å². The Morgan fingerprint density at radius 3 is 2.60 bits per heavy atom. The number of rotatable bonds is 4. The van der Waals surface area contributed by atoms with Crippen LogP contribution in [0, 0.1) is 11.8 Å². The fraction of sp³-hybridized carbons (Fsp3) is 1.00. The van der Waals surface area contributed by atoms with Crippen molar-refractivity contribution in [2.45, 2.75) is 37.1 Å². The molecule has 0 aromatic heterocycles.